The summed E-state index contributed by atoms with van der Waals surface area (Å²) in [6, 6.07) is 8.89. The molecule has 2 aromatic heterocycles. The molecule has 3 N–H and O–H groups in total. The first-order valence-corrected chi connectivity index (χ1v) is 10.1. The SMILES string of the molecule is CCC(CC(=O)O)c1cc2n(c(=O)c1COC)Cc1cc3c(C(N)=O)cccc3nc1-2. The van der Waals surface area contributed by atoms with Crippen LogP contribution in [0.3, 0.4) is 0 Å². The molecule has 1 aliphatic rings. The van der Waals surface area contributed by atoms with Crippen molar-refractivity contribution in [2.24, 2.45) is 5.73 Å². The van der Waals surface area contributed by atoms with Crippen molar-refractivity contribution in [1.82, 2.24) is 9.55 Å². The monoisotopic (exact) mass is 421 g/mol. The first-order chi connectivity index (χ1) is 14.8. The summed E-state index contributed by atoms with van der Waals surface area (Å²) >= 11 is 0. The van der Waals surface area contributed by atoms with Crippen LogP contribution in [0.5, 0.6) is 0 Å². The van der Waals surface area contributed by atoms with Crippen LogP contribution in [0.1, 0.15) is 52.7 Å². The number of carbonyl (C=O) groups is 2. The Morgan fingerprint density at radius 3 is 2.74 bits per heavy atom. The number of methoxy groups -OCH3 is 1. The van der Waals surface area contributed by atoms with Crippen molar-refractivity contribution in [3.05, 3.63) is 62.9 Å². The molecule has 0 saturated heterocycles. The number of carbonyl (C=O) groups excluding carboxylic acids is 1. The molecule has 0 spiro atoms. The van der Waals surface area contributed by atoms with E-state index in [0.29, 0.717) is 51.9 Å². The summed E-state index contributed by atoms with van der Waals surface area (Å²) < 4.78 is 6.89. The molecule has 3 aromatic rings. The highest BCUT2D eigenvalue weighted by Crippen LogP contribution is 2.36. The number of benzene rings is 1. The van der Waals surface area contributed by atoms with Gasteiger partial charge in [-0.25, -0.2) is 4.98 Å². The number of nitrogens with two attached hydrogens (primary N) is 1. The topological polar surface area (TPSA) is 125 Å². The van der Waals surface area contributed by atoms with Gasteiger partial charge in [0.1, 0.15) is 0 Å². The maximum absolute atomic E-state index is 13.3. The van der Waals surface area contributed by atoms with E-state index in [1.807, 2.05) is 19.1 Å². The van der Waals surface area contributed by atoms with Gasteiger partial charge in [0.2, 0.25) is 5.91 Å². The number of amides is 1. The van der Waals surface area contributed by atoms with Crippen molar-refractivity contribution < 1.29 is 19.4 Å². The van der Waals surface area contributed by atoms with Crippen LogP contribution in [0.15, 0.2) is 35.1 Å². The van der Waals surface area contributed by atoms with Gasteiger partial charge in [-0.05, 0) is 42.2 Å². The molecule has 0 fully saturated rings. The largest absolute Gasteiger partial charge is 0.481 e. The maximum atomic E-state index is 13.3. The number of ether oxygens (including phenoxy) is 1. The van der Waals surface area contributed by atoms with Gasteiger partial charge in [0.25, 0.3) is 5.56 Å². The lowest BCUT2D eigenvalue weighted by atomic mass is 9.89. The van der Waals surface area contributed by atoms with Crippen molar-refractivity contribution in [1.29, 1.82) is 0 Å². The Bertz CT molecular complexity index is 1280. The molecule has 1 atom stereocenters. The minimum atomic E-state index is -0.917. The van der Waals surface area contributed by atoms with Crippen LogP contribution in [-0.2, 0) is 22.7 Å². The molecular formula is C23H23N3O5. The summed E-state index contributed by atoms with van der Waals surface area (Å²) in [5.41, 5.74) is 9.54. The molecule has 3 heterocycles. The van der Waals surface area contributed by atoms with Gasteiger partial charge in [0, 0.05) is 29.2 Å². The van der Waals surface area contributed by atoms with E-state index in [1.165, 1.54) is 7.11 Å². The second-order valence-electron chi connectivity index (χ2n) is 7.72. The third-order valence-electron chi connectivity index (χ3n) is 5.85. The Hall–Kier alpha value is -3.52. The predicted octanol–water partition coefficient (Wildman–Crippen LogP) is 2.64. The predicted molar refractivity (Wildman–Crippen MR) is 115 cm³/mol. The quantitative estimate of drug-likeness (QED) is 0.473. The van der Waals surface area contributed by atoms with E-state index in [-0.39, 0.29) is 24.5 Å². The Labute approximate surface area is 178 Å². The van der Waals surface area contributed by atoms with Crippen molar-refractivity contribution in [2.75, 3.05) is 7.11 Å². The summed E-state index contributed by atoms with van der Waals surface area (Å²) in [7, 11) is 1.51. The van der Waals surface area contributed by atoms with Gasteiger partial charge in [0.15, 0.2) is 0 Å². The lowest BCUT2D eigenvalue weighted by Crippen LogP contribution is -2.26. The number of pyridine rings is 2. The van der Waals surface area contributed by atoms with Crippen molar-refractivity contribution in [2.45, 2.75) is 38.8 Å². The molecule has 0 radical (unpaired) electrons. The zero-order valence-corrected chi connectivity index (χ0v) is 17.3. The van der Waals surface area contributed by atoms with Crippen LogP contribution in [0, 0.1) is 0 Å². The second kappa shape index (κ2) is 7.96. The van der Waals surface area contributed by atoms with Gasteiger partial charge in [-0.3, -0.25) is 14.4 Å². The number of hydrogen-bond acceptors (Lipinski definition) is 5. The molecule has 0 bridgehead atoms. The van der Waals surface area contributed by atoms with Crippen LogP contribution in [-0.4, -0.2) is 33.6 Å². The molecule has 8 nitrogen and oxygen atoms in total. The lowest BCUT2D eigenvalue weighted by molar-refractivity contribution is -0.137. The van der Waals surface area contributed by atoms with Gasteiger partial charge in [-0.1, -0.05) is 13.0 Å². The van der Waals surface area contributed by atoms with E-state index < -0.39 is 11.9 Å². The van der Waals surface area contributed by atoms with E-state index in [0.717, 1.165) is 5.56 Å². The molecule has 8 heteroatoms. The third kappa shape index (κ3) is 3.48. The molecule has 1 unspecified atom stereocenters. The summed E-state index contributed by atoms with van der Waals surface area (Å²) in [6.07, 6.45) is 0.502. The van der Waals surface area contributed by atoms with Crippen LogP contribution < -0.4 is 11.3 Å². The van der Waals surface area contributed by atoms with Crippen LogP contribution >= 0.6 is 0 Å². The van der Waals surface area contributed by atoms with Gasteiger partial charge in [-0.2, -0.15) is 0 Å². The standard InChI is InChI=1S/C23H23N3O5/c1-3-12(8-20(27)28)15-9-19-21-13(10-26(19)23(30)17(15)11-31-2)7-16-14(22(24)29)5-4-6-18(16)25-21/h4-7,9,12H,3,8,10-11H2,1-2H3,(H2,24,29)(H,27,28). The van der Waals surface area contributed by atoms with Gasteiger partial charge < -0.3 is 20.1 Å². The number of carboxylic acids is 1. The highest BCUT2D eigenvalue weighted by Gasteiger charge is 2.28. The molecule has 4 rings (SSSR count). The zero-order valence-electron chi connectivity index (χ0n) is 17.3. The number of nitrogens with zero attached hydrogens (tertiary/aromatic N) is 2. The molecule has 0 aliphatic carbocycles. The first kappa shape index (κ1) is 20.7. The highest BCUT2D eigenvalue weighted by atomic mass is 16.5. The minimum Gasteiger partial charge on any atom is -0.481 e. The van der Waals surface area contributed by atoms with Crippen LogP contribution in [0.2, 0.25) is 0 Å². The number of fused-ring (bicyclic) bond motifs is 4. The fraction of sp³-hybridized carbons (Fsp3) is 0.304. The molecular weight excluding hydrogens is 398 g/mol. The maximum Gasteiger partial charge on any atom is 0.303 e. The van der Waals surface area contributed by atoms with Crippen molar-refractivity contribution in [3.8, 4) is 11.4 Å². The molecule has 31 heavy (non-hydrogen) atoms. The average molecular weight is 421 g/mol. The molecule has 1 aliphatic heterocycles. The Kier molecular flexibility index (Phi) is 5.32. The van der Waals surface area contributed by atoms with E-state index in [9.17, 15) is 19.5 Å². The number of aromatic nitrogens is 2. The summed E-state index contributed by atoms with van der Waals surface area (Å²) in [4.78, 5) is 41.3. The van der Waals surface area contributed by atoms with Gasteiger partial charge in [-0.15, -0.1) is 0 Å². The van der Waals surface area contributed by atoms with Crippen LogP contribution in [0.4, 0.5) is 0 Å². The fourth-order valence-corrected chi connectivity index (χ4v) is 4.36. The normalized spacial score (nSPS) is 13.1. The van der Waals surface area contributed by atoms with E-state index in [1.54, 1.807) is 22.8 Å². The Morgan fingerprint density at radius 1 is 1.32 bits per heavy atom. The van der Waals surface area contributed by atoms with Gasteiger partial charge >= 0.3 is 5.97 Å². The molecule has 1 aromatic carbocycles. The summed E-state index contributed by atoms with van der Waals surface area (Å²) in [5.74, 6) is -1.77. The van der Waals surface area contributed by atoms with Gasteiger partial charge in [0.05, 0.1) is 36.5 Å². The average Bonchev–Trinajstić information content (AvgIpc) is 3.09. The fourth-order valence-electron chi connectivity index (χ4n) is 4.36. The number of rotatable bonds is 7. The number of aliphatic carboxylic acids is 1. The summed E-state index contributed by atoms with van der Waals surface area (Å²) in [6.45, 7) is 2.31. The van der Waals surface area contributed by atoms with Crippen LogP contribution in [0.25, 0.3) is 22.3 Å². The summed E-state index contributed by atoms with van der Waals surface area (Å²) in [5, 5.41) is 9.98. The van der Waals surface area contributed by atoms with E-state index in [4.69, 9.17) is 15.5 Å². The first-order valence-electron chi connectivity index (χ1n) is 10.1. The highest BCUT2D eigenvalue weighted by molar-refractivity contribution is 6.06. The zero-order chi connectivity index (χ0) is 22.3. The number of carboxylic acid groups (broad SMARTS) is 1. The molecule has 0 saturated carbocycles. The third-order valence-corrected chi connectivity index (χ3v) is 5.85. The minimum absolute atomic E-state index is 0.0733. The van der Waals surface area contributed by atoms with E-state index in [2.05, 4.69) is 0 Å². The Morgan fingerprint density at radius 2 is 2.10 bits per heavy atom. The van der Waals surface area contributed by atoms with Crippen molar-refractivity contribution >= 4 is 22.8 Å². The Balaban J connectivity index is 1.95. The molecule has 160 valence electrons. The van der Waals surface area contributed by atoms with Crippen molar-refractivity contribution in [3.63, 3.8) is 0 Å². The van der Waals surface area contributed by atoms with E-state index >= 15 is 0 Å². The second-order valence-corrected chi connectivity index (χ2v) is 7.72. The lowest BCUT2D eigenvalue weighted by Gasteiger charge is -2.19. The number of primary amides is 1. The molecule has 1 amide bonds. The smallest absolute Gasteiger partial charge is 0.303 e. The number of hydrogen-bond donors (Lipinski definition) is 2.